The number of nitrogens with zero attached hydrogens (tertiary/aromatic N) is 1. The molecular weight excluding hydrogens is 244 g/mol. The maximum atomic E-state index is 5.93. The molecule has 2 aliphatic carbocycles. The van der Waals surface area contributed by atoms with Crippen LogP contribution in [0.2, 0.25) is 0 Å². The van der Waals surface area contributed by atoms with Crippen LogP contribution in [0.1, 0.15) is 65.7 Å². The van der Waals surface area contributed by atoms with Gasteiger partial charge < -0.3 is 10.6 Å². The van der Waals surface area contributed by atoms with Crippen LogP contribution in [0.5, 0.6) is 0 Å². The zero-order valence-electron chi connectivity index (χ0n) is 14.2. The molecule has 2 N–H and O–H groups in total. The van der Waals surface area contributed by atoms with Crippen LogP contribution in [0.3, 0.4) is 0 Å². The van der Waals surface area contributed by atoms with Crippen molar-refractivity contribution in [2.24, 2.45) is 28.9 Å². The second-order valence-electron chi connectivity index (χ2n) is 8.52. The molecule has 2 nitrogen and oxygen atoms in total. The summed E-state index contributed by atoms with van der Waals surface area (Å²) in [4.78, 5) is 2.65. The lowest BCUT2D eigenvalue weighted by atomic mass is 9.70. The summed E-state index contributed by atoms with van der Waals surface area (Å²) in [7, 11) is 2.34. The zero-order valence-corrected chi connectivity index (χ0v) is 14.2. The van der Waals surface area contributed by atoms with Gasteiger partial charge in [-0.3, -0.25) is 0 Å². The van der Waals surface area contributed by atoms with Crippen LogP contribution < -0.4 is 5.73 Å². The van der Waals surface area contributed by atoms with E-state index in [2.05, 4.69) is 32.7 Å². The fourth-order valence-corrected chi connectivity index (χ4v) is 4.63. The van der Waals surface area contributed by atoms with E-state index < -0.39 is 0 Å². The Kier molecular flexibility index (Phi) is 5.53. The minimum atomic E-state index is 0.507. The third-order valence-corrected chi connectivity index (χ3v) is 6.11. The number of rotatable bonds is 4. The number of hydrogen-bond donors (Lipinski definition) is 1. The lowest BCUT2D eigenvalue weighted by Crippen LogP contribution is -2.41. The van der Waals surface area contributed by atoms with Crippen LogP contribution in [-0.2, 0) is 0 Å². The first kappa shape index (κ1) is 16.3. The highest BCUT2D eigenvalue weighted by Crippen LogP contribution is 2.40. The molecule has 2 fully saturated rings. The van der Waals surface area contributed by atoms with Crippen molar-refractivity contribution in [3.8, 4) is 0 Å². The van der Waals surface area contributed by atoms with E-state index in [1.54, 1.807) is 0 Å². The first-order valence-corrected chi connectivity index (χ1v) is 8.82. The Bertz CT molecular complexity index is 286. The SMILES string of the molecule is CN(CC1CCC(C(C)(C)C)CC1)C1CCCC1CN. The van der Waals surface area contributed by atoms with E-state index in [1.165, 1.54) is 51.5 Å². The minimum absolute atomic E-state index is 0.507. The van der Waals surface area contributed by atoms with Gasteiger partial charge in [0.25, 0.3) is 0 Å². The van der Waals surface area contributed by atoms with E-state index in [0.29, 0.717) is 5.41 Å². The molecule has 0 saturated heterocycles. The van der Waals surface area contributed by atoms with Crippen molar-refractivity contribution in [2.75, 3.05) is 20.1 Å². The summed E-state index contributed by atoms with van der Waals surface area (Å²) in [6.07, 6.45) is 9.85. The largest absolute Gasteiger partial charge is 0.330 e. The molecule has 0 radical (unpaired) electrons. The summed E-state index contributed by atoms with van der Waals surface area (Å²) < 4.78 is 0. The summed E-state index contributed by atoms with van der Waals surface area (Å²) in [5.74, 6) is 2.62. The molecule has 0 bridgehead atoms. The molecular formula is C18H36N2. The predicted molar refractivity (Wildman–Crippen MR) is 87.7 cm³/mol. The second kappa shape index (κ2) is 6.79. The Morgan fingerprint density at radius 3 is 2.20 bits per heavy atom. The maximum absolute atomic E-state index is 5.93. The molecule has 0 amide bonds. The van der Waals surface area contributed by atoms with Crippen LogP contribution in [0, 0.1) is 23.2 Å². The molecule has 2 unspecified atom stereocenters. The quantitative estimate of drug-likeness (QED) is 0.846. The Morgan fingerprint density at radius 2 is 1.65 bits per heavy atom. The zero-order chi connectivity index (χ0) is 14.8. The average molecular weight is 280 g/mol. The van der Waals surface area contributed by atoms with Gasteiger partial charge in [0.05, 0.1) is 0 Å². The Morgan fingerprint density at radius 1 is 1.00 bits per heavy atom. The van der Waals surface area contributed by atoms with Crippen molar-refractivity contribution < 1.29 is 0 Å². The first-order chi connectivity index (χ1) is 9.41. The highest BCUT2D eigenvalue weighted by Gasteiger charge is 2.33. The second-order valence-corrected chi connectivity index (χ2v) is 8.52. The van der Waals surface area contributed by atoms with Gasteiger partial charge in [0, 0.05) is 12.6 Å². The smallest absolute Gasteiger partial charge is 0.0133 e. The van der Waals surface area contributed by atoms with Gasteiger partial charge in [0.1, 0.15) is 0 Å². The van der Waals surface area contributed by atoms with Gasteiger partial charge in [0.2, 0.25) is 0 Å². The average Bonchev–Trinajstić information content (AvgIpc) is 2.86. The Labute approximate surface area is 126 Å². The van der Waals surface area contributed by atoms with Crippen LogP contribution in [0.25, 0.3) is 0 Å². The molecule has 2 saturated carbocycles. The fourth-order valence-electron chi connectivity index (χ4n) is 4.63. The summed E-state index contributed by atoms with van der Waals surface area (Å²) in [5.41, 5.74) is 6.44. The lowest BCUT2D eigenvalue weighted by molar-refractivity contribution is 0.110. The standard InChI is InChI=1S/C18H36N2/c1-18(2,3)16-10-8-14(9-11-16)13-20(4)17-7-5-6-15(17)12-19/h14-17H,5-13,19H2,1-4H3. The third-order valence-electron chi connectivity index (χ3n) is 6.11. The Balaban J connectivity index is 1.77. The van der Waals surface area contributed by atoms with Crippen molar-refractivity contribution in [1.82, 2.24) is 4.90 Å². The summed E-state index contributed by atoms with van der Waals surface area (Å²) >= 11 is 0. The van der Waals surface area contributed by atoms with Crippen molar-refractivity contribution >= 4 is 0 Å². The molecule has 2 heteroatoms. The van der Waals surface area contributed by atoms with E-state index in [4.69, 9.17) is 5.73 Å². The van der Waals surface area contributed by atoms with Crippen LogP contribution in [0.4, 0.5) is 0 Å². The van der Waals surface area contributed by atoms with Gasteiger partial charge >= 0.3 is 0 Å². The van der Waals surface area contributed by atoms with Crippen molar-refractivity contribution in [2.45, 2.75) is 71.8 Å². The van der Waals surface area contributed by atoms with Gasteiger partial charge in [-0.05, 0) is 75.3 Å². The maximum Gasteiger partial charge on any atom is 0.0133 e. The number of hydrogen-bond acceptors (Lipinski definition) is 2. The van der Waals surface area contributed by atoms with E-state index in [0.717, 1.165) is 30.3 Å². The summed E-state index contributed by atoms with van der Waals surface area (Å²) in [6.45, 7) is 9.42. The van der Waals surface area contributed by atoms with E-state index >= 15 is 0 Å². The molecule has 0 heterocycles. The molecule has 20 heavy (non-hydrogen) atoms. The third kappa shape index (κ3) is 3.98. The lowest BCUT2D eigenvalue weighted by Gasteiger charge is -2.39. The van der Waals surface area contributed by atoms with Crippen molar-refractivity contribution in [1.29, 1.82) is 0 Å². The van der Waals surface area contributed by atoms with Crippen molar-refractivity contribution in [3.05, 3.63) is 0 Å². The van der Waals surface area contributed by atoms with Crippen LogP contribution >= 0.6 is 0 Å². The molecule has 0 spiro atoms. The Hall–Kier alpha value is -0.0800. The van der Waals surface area contributed by atoms with E-state index in [-0.39, 0.29) is 0 Å². The molecule has 0 aromatic carbocycles. The monoisotopic (exact) mass is 280 g/mol. The topological polar surface area (TPSA) is 29.3 Å². The molecule has 2 rings (SSSR count). The highest BCUT2D eigenvalue weighted by atomic mass is 15.1. The fraction of sp³-hybridized carbons (Fsp3) is 1.00. The van der Waals surface area contributed by atoms with Crippen molar-refractivity contribution in [3.63, 3.8) is 0 Å². The molecule has 0 aliphatic heterocycles. The van der Waals surface area contributed by atoms with Gasteiger partial charge in [-0.15, -0.1) is 0 Å². The molecule has 2 aliphatic rings. The van der Waals surface area contributed by atoms with Gasteiger partial charge in [0.15, 0.2) is 0 Å². The van der Waals surface area contributed by atoms with Crippen LogP contribution in [0.15, 0.2) is 0 Å². The molecule has 118 valence electrons. The van der Waals surface area contributed by atoms with Gasteiger partial charge in [-0.25, -0.2) is 0 Å². The first-order valence-electron chi connectivity index (χ1n) is 8.82. The molecule has 0 aromatic heterocycles. The normalized spacial score (nSPS) is 35.7. The summed E-state index contributed by atoms with van der Waals surface area (Å²) in [5, 5.41) is 0. The van der Waals surface area contributed by atoms with Gasteiger partial charge in [-0.2, -0.15) is 0 Å². The molecule has 0 aromatic rings. The van der Waals surface area contributed by atoms with E-state index in [9.17, 15) is 0 Å². The minimum Gasteiger partial charge on any atom is -0.330 e. The molecule has 2 atom stereocenters. The van der Waals surface area contributed by atoms with Crippen LogP contribution in [-0.4, -0.2) is 31.1 Å². The summed E-state index contributed by atoms with van der Waals surface area (Å²) in [6, 6.07) is 0.764. The van der Waals surface area contributed by atoms with E-state index in [1.807, 2.05) is 0 Å². The van der Waals surface area contributed by atoms with Gasteiger partial charge in [-0.1, -0.05) is 27.2 Å². The predicted octanol–water partition coefficient (Wildman–Crippen LogP) is 3.90. The number of nitrogens with two attached hydrogens (primary N) is 1. The highest BCUT2D eigenvalue weighted by molar-refractivity contribution is 4.87.